The Kier molecular flexibility index (Phi) is 6.14. The molecule has 1 aromatic heterocycles. The average Bonchev–Trinajstić information content (AvgIpc) is 3.57. The van der Waals surface area contributed by atoms with Crippen LogP contribution >= 0.6 is 11.3 Å². The Labute approximate surface area is 199 Å². The molecule has 33 heavy (non-hydrogen) atoms. The number of amides is 2. The third kappa shape index (κ3) is 4.64. The molecule has 1 unspecified atom stereocenters. The fraction of sp³-hybridized carbons (Fsp3) is 0.286. The number of carbonyl (C=O) groups excluding carboxylic acids is 2. The van der Waals surface area contributed by atoms with Crippen molar-refractivity contribution in [2.75, 3.05) is 13.1 Å². The van der Waals surface area contributed by atoms with Gasteiger partial charge in [-0.25, -0.2) is 0 Å². The lowest BCUT2D eigenvalue weighted by Crippen LogP contribution is -2.47. The van der Waals surface area contributed by atoms with Crippen molar-refractivity contribution in [3.8, 4) is 0 Å². The van der Waals surface area contributed by atoms with Crippen LogP contribution in [0.1, 0.15) is 46.0 Å². The van der Waals surface area contributed by atoms with E-state index in [1.54, 1.807) is 22.3 Å². The summed E-state index contributed by atoms with van der Waals surface area (Å²) in [5, 5.41) is 2.12. The maximum atomic E-state index is 13.7. The molecule has 5 rings (SSSR count). The zero-order valence-electron chi connectivity index (χ0n) is 18.8. The lowest BCUT2D eigenvalue weighted by Gasteiger charge is -2.38. The summed E-state index contributed by atoms with van der Waals surface area (Å²) < 4.78 is 0. The molecule has 0 spiro atoms. The standard InChI is InChI=1S/C28H28N2O2S/c1-20-7-5-6-10-23(20)28-24-16-18-33-25(24)15-17-29(28)27(32)19-30(22-12-13-22)26(31)14-11-21-8-3-2-4-9-21/h2-11,14,16,18,22,28H,12-13,15,17,19H2,1H3/b14-11+. The van der Waals surface area contributed by atoms with E-state index in [4.69, 9.17) is 0 Å². The number of thiophene rings is 1. The summed E-state index contributed by atoms with van der Waals surface area (Å²) in [5.41, 5.74) is 4.55. The van der Waals surface area contributed by atoms with Gasteiger partial charge < -0.3 is 9.80 Å². The molecule has 2 amide bonds. The highest BCUT2D eigenvalue weighted by molar-refractivity contribution is 7.10. The Bertz CT molecular complexity index is 1180. The summed E-state index contributed by atoms with van der Waals surface area (Å²) in [6.07, 6.45) is 6.23. The molecule has 0 radical (unpaired) electrons. The van der Waals surface area contributed by atoms with Crippen LogP contribution < -0.4 is 0 Å². The second-order valence-corrected chi connectivity index (χ2v) is 9.84. The molecule has 4 nitrogen and oxygen atoms in total. The van der Waals surface area contributed by atoms with Crippen LogP contribution in [0.15, 0.2) is 72.1 Å². The minimum absolute atomic E-state index is 0.0217. The van der Waals surface area contributed by atoms with Crippen molar-refractivity contribution in [2.24, 2.45) is 0 Å². The minimum Gasteiger partial charge on any atom is -0.330 e. The topological polar surface area (TPSA) is 40.6 Å². The van der Waals surface area contributed by atoms with E-state index in [-0.39, 0.29) is 30.4 Å². The molecule has 1 aliphatic heterocycles. The van der Waals surface area contributed by atoms with Crippen molar-refractivity contribution >= 4 is 29.2 Å². The molecule has 2 aromatic carbocycles. The van der Waals surface area contributed by atoms with E-state index in [0.29, 0.717) is 6.54 Å². The van der Waals surface area contributed by atoms with Crippen LogP contribution in [0.2, 0.25) is 0 Å². The normalized spacial score (nSPS) is 17.7. The highest BCUT2D eigenvalue weighted by Crippen LogP contribution is 2.39. The summed E-state index contributed by atoms with van der Waals surface area (Å²) in [5.74, 6) is -0.0659. The number of rotatable bonds is 6. The van der Waals surface area contributed by atoms with Crippen LogP contribution in [0, 0.1) is 6.92 Å². The second-order valence-electron chi connectivity index (χ2n) is 8.84. The molecule has 168 valence electrons. The van der Waals surface area contributed by atoms with Crippen LogP contribution in [-0.2, 0) is 16.0 Å². The largest absolute Gasteiger partial charge is 0.330 e. The van der Waals surface area contributed by atoms with Gasteiger partial charge in [0.25, 0.3) is 0 Å². The van der Waals surface area contributed by atoms with Gasteiger partial charge in [0.1, 0.15) is 6.54 Å². The molecule has 1 saturated carbocycles. The number of hydrogen-bond donors (Lipinski definition) is 0. The maximum absolute atomic E-state index is 13.7. The molecule has 2 aliphatic rings. The van der Waals surface area contributed by atoms with Gasteiger partial charge in [0.2, 0.25) is 11.8 Å². The smallest absolute Gasteiger partial charge is 0.247 e. The van der Waals surface area contributed by atoms with Crippen molar-refractivity contribution in [2.45, 2.75) is 38.3 Å². The van der Waals surface area contributed by atoms with Gasteiger partial charge in [-0.1, -0.05) is 54.6 Å². The van der Waals surface area contributed by atoms with Gasteiger partial charge in [-0.05, 0) is 66.0 Å². The summed E-state index contributed by atoms with van der Waals surface area (Å²) in [6, 6.07) is 20.3. The number of nitrogens with zero attached hydrogens (tertiary/aromatic N) is 2. The average molecular weight is 457 g/mol. The Balaban J connectivity index is 1.38. The van der Waals surface area contributed by atoms with E-state index >= 15 is 0 Å². The van der Waals surface area contributed by atoms with E-state index in [0.717, 1.165) is 24.8 Å². The molecule has 0 saturated heterocycles. The zero-order valence-corrected chi connectivity index (χ0v) is 19.6. The molecular weight excluding hydrogens is 428 g/mol. The molecule has 3 aromatic rings. The minimum atomic E-state index is -0.0929. The van der Waals surface area contributed by atoms with Gasteiger partial charge in [-0.15, -0.1) is 11.3 Å². The van der Waals surface area contributed by atoms with Gasteiger partial charge in [0.05, 0.1) is 6.04 Å². The lowest BCUT2D eigenvalue weighted by molar-refractivity contribution is -0.140. The number of fused-ring (bicyclic) bond motifs is 1. The molecule has 1 atom stereocenters. The first kappa shape index (κ1) is 21.7. The van der Waals surface area contributed by atoms with Gasteiger partial charge in [0.15, 0.2) is 0 Å². The van der Waals surface area contributed by atoms with Gasteiger partial charge >= 0.3 is 0 Å². The van der Waals surface area contributed by atoms with Crippen LogP contribution in [0.25, 0.3) is 6.08 Å². The summed E-state index contributed by atoms with van der Waals surface area (Å²) >= 11 is 1.77. The predicted molar refractivity (Wildman–Crippen MR) is 133 cm³/mol. The van der Waals surface area contributed by atoms with Crippen molar-refractivity contribution in [1.29, 1.82) is 0 Å². The predicted octanol–water partition coefficient (Wildman–Crippen LogP) is 5.24. The van der Waals surface area contributed by atoms with Crippen LogP contribution in [0.3, 0.4) is 0 Å². The SMILES string of the molecule is Cc1ccccc1C1c2ccsc2CCN1C(=O)CN(C(=O)/C=C/c1ccccc1)C1CC1. The van der Waals surface area contributed by atoms with Crippen molar-refractivity contribution in [3.63, 3.8) is 0 Å². The molecule has 5 heteroatoms. The summed E-state index contributed by atoms with van der Waals surface area (Å²) in [7, 11) is 0. The van der Waals surface area contributed by atoms with E-state index in [1.807, 2.05) is 53.4 Å². The van der Waals surface area contributed by atoms with Gasteiger partial charge in [-0.3, -0.25) is 9.59 Å². The fourth-order valence-corrected chi connectivity index (χ4v) is 5.55. The number of hydrogen-bond acceptors (Lipinski definition) is 3. The van der Waals surface area contributed by atoms with Crippen molar-refractivity contribution < 1.29 is 9.59 Å². The molecule has 2 heterocycles. The first-order valence-corrected chi connectivity index (χ1v) is 12.4. The van der Waals surface area contributed by atoms with E-state index in [9.17, 15) is 9.59 Å². The summed E-state index contributed by atoms with van der Waals surface area (Å²) in [6.45, 7) is 2.91. The first-order chi connectivity index (χ1) is 16.1. The molecular formula is C28H28N2O2S. The number of carbonyl (C=O) groups is 2. The highest BCUT2D eigenvalue weighted by Gasteiger charge is 2.37. The zero-order chi connectivity index (χ0) is 22.8. The van der Waals surface area contributed by atoms with Crippen molar-refractivity contribution in [3.05, 3.63) is 99.3 Å². The quantitative estimate of drug-likeness (QED) is 0.476. The number of benzene rings is 2. The lowest BCUT2D eigenvalue weighted by atomic mass is 9.90. The molecule has 1 fully saturated rings. The van der Waals surface area contributed by atoms with Crippen LogP contribution in [0.5, 0.6) is 0 Å². The van der Waals surface area contributed by atoms with E-state index in [1.165, 1.54) is 21.6 Å². The Morgan fingerprint density at radius 1 is 1.03 bits per heavy atom. The van der Waals surface area contributed by atoms with E-state index in [2.05, 4.69) is 30.5 Å². The monoisotopic (exact) mass is 456 g/mol. The molecule has 0 N–H and O–H groups in total. The third-order valence-corrected chi connectivity index (χ3v) is 7.56. The Morgan fingerprint density at radius 3 is 2.55 bits per heavy atom. The Hall–Kier alpha value is -3.18. The van der Waals surface area contributed by atoms with Gasteiger partial charge in [-0.2, -0.15) is 0 Å². The molecule has 1 aliphatic carbocycles. The van der Waals surface area contributed by atoms with Crippen LogP contribution in [-0.4, -0.2) is 40.7 Å². The highest BCUT2D eigenvalue weighted by atomic mass is 32.1. The Morgan fingerprint density at radius 2 is 1.79 bits per heavy atom. The summed E-state index contributed by atoms with van der Waals surface area (Å²) in [4.78, 5) is 31.8. The second kappa shape index (κ2) is 9.36. The first-order valence-electron chi connectivity index (χ1n) is 11.6. The number of aryl methyl sites for hydroxylation is 1. The maximum Gasteiger partial charge on any atom is 0.247 e. The van der Waals surface area contributed by atoms with E-state index < -0.39 is 0 Å². The van der Waals surface area contributed by atoms with Crippen LogP contribution in [0.4, 0.5) is 0 Å². The van der Waals surface area contributed by atoms with Gasteiger partial charge in [0, 0.05) is 23.5 Å². The van der Waals surface area contributed by atoms with Crippen molar-refractivity contribution in [1.82, 2.24) is 9.80 Å². The fourth-order valence-electron chi connectivity index (χ4n) is 4.65. The third-order valence-electron chi connectivity index (χ3n) is 6.56. The molecule has 0 bridgehead atoms.